The number of carbonyl (C=O) groups is 1. The lowest BCUT2D eigenvalue weighted by Gasteiger charge is -2.17. The molecule has 0 saturated carbocycles. The zero-order chi connectivity index (χ0) is 14.2. The van der Waals surface area contributed by atoms with Crippen molar-refractivity contribution in [2.75, 3.05) is 19.7 Å². The lowest BCUT2D eigenvalue weighted by atomic mass is 10.0. The lowest BCUT2D eigenvalue weighted by molar-refractivity contribution is -0.120. The molecule has 0 bridgehead atoms. The normalized spacial score (nSPS) is 19.8. The summed E-state index contributed by atoms with van der Waals surface area (Å²) in [5.41, 5.74) is 1.22. The fourth-order valence-corrected chi connectivity index (χ4v) is 2.49. The van der Waals surface area contributed by atoms with Crippen LogP contribution in [0.5, 0.6) is 0 Å². The molecule has 2 rings (SSSR count). The fourth-order valence-electron chi connectivity index (χ4n) is 2.49. The van der Waals surface area contributed by atoms with Gasteiger partial charge in [-0.1, -0.05) is 37.3 Å². The van der Waals surface area contributed by atoms with E-state index in [1.54, 1.807) is 0 Å². The summed E-state index contributed by atoms with van der Waals surface area (Å²) in [5.74, 6) is 0.0369. The van der Waals surface area contributed by atoms with Crippen molar-refractivity contribution in [3.8, 4) is 0 Å². The van der Waals surface area contributed by atoms with Crippen LogP contribution >= 0.6 is 0 Å². The van der Waals surface area contributed by atoms with Crippen LogP contribution in [0.4, 0.5) is 0 Å². The van der Waals surface area contributed by atoms with Crippen molar-refractivity contribution in [1.82, 2.24) is 10.6 Å². The Bertz CT molecular complexity index is 402. The second kappa shape index (κ2) is 8.02. The minimum atomic E-state index is 0.0369. The van der Waals surface area contributed by atoms with Crippen LogP contribution in [0.1, 0.15) is 37.8 Å². The Labute approximate surface area is 120 Å². The minimum Gasteiger partial charge on any atom is -0.376 e. The van der Waals surface area contributed by atoms with Crippen LogP contribution in [0.15, 0.2) is 30.3 Å². The molecule has 20 heavy (non-hydrogen) atoms. The van der Waals surface area contributed by atoms with E-state index in [4.69, 9.17) is 4.74 Å². The first kappa shape index (κ1) is 15.0. The summed E-state index contributed by atoms with van der Waals surface area (Å²) >= 11 is 0. The Morgan fingerprint density at radius 1 is 1.40 bits per heavy atom. The van der Waals surface area contributed by atoms with Gasteiger partial charge in [0.1, 0.15) is 0 Å². The van der Waals surface area contributed by atoms with Gasteiger partial charge in [0.05, 0.1) is 12.6 Å². The monoisotopic (exact) mass is 276 g/mol. The third-order valence-electron chi connectivity index (χ3n) is 3.67. The molecule has 1 aliphatic rings. The first-order valence-corrected chi connectivity index (χ1v) is 7.46. The maximum Gasteiger partial charge on any atom is 0.234 e. The molecule has 4 heteroatoms. The molecule has 1 amide bonds. The first-order chi connectivity index (χ1) is 9.79. The first-order valence-electron chi connectivity index (χ1n) is 7.46. The Balaban J connectivity index is 1.71. The molecule has 110 valence electrons. The number of hydrogen-bond donors (Lipinski definition) is 2. The molecule has 1 aromatic rings. The molecule has 4 nitrogen and oxygen atoms in total. The highest BCUT2D eigenvalue weighted by atomic mass is 16.5. The van der Waals surface area contributed by atoms with E-state index in [9.17, 15) is 4.79 Å². The largest absolute Gasteiger partial charge is 0.376 e. The summed E-state index contributed by atoms with van der Waals surface area (Å²) in [7, 11) is 0. The summed E-state index contributed by atoms with van der Waals surface area (Å²) < 4.78 is 5.48. The molecule has 1 saturated heterocycles. The number of benzene rings is 1. The molecular weight excluding hydrogens is 252 g/mol. The highest BCUT2D eigenvalue weighted by Gasteiger charge is 2.16. The van der Waals surface area contributed by atoms with Crippen molar-refractivity contribution in [2.24, 2.45) is 0 Å². The molecule has 2 N–H and O–H groups in total. The average Bonchev–Trinajstić information content (AvgIpc) is 3.00. The Morgan fingerprint density at radius 2 is 2.20 bits per heavy atom. The van der Waals surface area contributed by atoms with E-state index < -0.39 is 0 Å². The summed E-state index contributed by atoms with van der Waals surface area (Å²) in [6.07, 6.45) is 3.32. The lowest BCUT2D eigenvalue weighted by Crippen LogP contribution is -2.39. The Hall–Kier alpha value is -1.39. The van der Waals surface area contributed by atoms with Crippen LogP contribution in [0, 0.1) is 0 Å². The third-order valence-corrected chi connectivity index (χ3v) is 3.67. The summed E-state index contributed by atoms with van der Waals surface area (Å²) in [6, 6.07) is 10.5. The quantitative estimate of drug-likeness (QED) is 0.801. The number of hydrogen-bond acceptors (Lipinski definition) is 3. The number of carbonyl (C=O) groups excluding carboxylic acids is 1. The number of ether oxygens (including phenoxy) is 1. The third kappa shape index (κ3) is 4.62. The second-order valence-electron chi connectivity index (χ2n) is 5.19. The van der Waals surface area contributed by atoms with Crippen molar-refractivity contribution < 1.29 is 9.53 Å². The predicted molar refractivity (Wildman–Crippen MR) is 79.5 cm³/mol. The van der Waals surface area contributed by atoms with Crippen molar-refractivity contribution in [2.45, 2.75) is 38.3 Å². The van der Waals surface area contributed by atoms with E-state index in [1.165, 1.54) is 5.56 Å². The zero-order valence-electron chi connectivity index (χ0n) is 12.1. The van der Waals surface area contributed by atoms with E-state index in [0.717, 1.165) is 25.9 Å². The Kier molecular flexibility index (Phi) is 6.02. The molecule has 2 atom stereocenters. The molecule has 1 aromatic carbocycles. The highest BCUT2D eigenvalue weighted by molar-refractivity contribution is 5.78. The predicted octanol–water partition coefficient (Wildman–Crippen LogP) is 2.02. The van der Waals surface area contributed by atoms with Crippen molar-refractivity contribution >= 4 is 5.91 Å². The SMILES string of the molecule is CCC(NCC(=O)NCC1CCCO1)c1ccccc1. The zero-order valence-corrected chi connectivity index (χ0v) is 12.1. The maximum absolute atomic E-state index is 11.8. The van der Waals surface area contributed by atoms with Crippen LogP contribution < -0.4 is 10.6 Å². The molecule has 1 aliphatic heterocycles. The van der Waals surface area contributed by atoms with Crippen molar-refractivity contribution in [3.05, 3.63) is 35.9 Å². The minimum absolute atomic E-state index is 0.0369. The van der Waals surface area contributed by atoms with Crippen LogP contribution in [0.25, 0.3) is 0 Å². The van der Waals surface area contributed by atoms with Gasteiger partial charge < -0.3 is 15.4 Å². The van der Waals surface area contributed by atoms with Crippen LogP contribution in [-0.2, 0) is 9.53 Å². The number of nitrogens with one attached hydrogen (secondary N) is 2. The molecule has 0 aliphatic carbocycles. The van der Waals surface area contributed by atoms with Crippen molar-refractivity contribution in [3.63, 3.8) is 0 Å². The second-order valence-corrected chi connectivity index (χ2v) is 5.19. The summed E-state index contributed by atoms with van der Waals surface area (Å²) in [4.78, 5) is 11.8. The van der Waals surface area contributed by atoms with E-state index in [0.29, 0.717) is 13.1 Å². The number of amides is 1. The molecule has 0 radical (unpaired) electrons. The van der Waals surface area contributed by atoms with Gasteiger partial charge in [-0.05, 0) is 24.8 Å². The van der Waals surface area contributed by atoms with Crippen LogP contribution in [0.3, 0.4) is 0 Å². The number of rotatable bonds is 7. The van der Waals surface area contributed by atoms with Gasteiger partial charge in [-0.2, -0.15) is 0 Å². The molecule has 2 unspecified atom stereocenters. The van der Waals surface area contributed by atoms with Gasteiger partial charge in [-0.3, -0.25) is 4.79 Å². The Morgan fingerprint density at radius 3 is 2.85 bits per heavy atom. The van der Waals surface area contributed by atoms with Gasteiger partial charge in [0.25, 0.3) is 0 Å². The van der Waals surface area contributed by atoms with Gasteiger partial charge in [-0.25, -0.2) is 0 Å². The van der Waals surface area contributed by atoms with Crippen LogP contribution in [-0.4, -0.2) is 31.7 Å². The van der Waals surface area contributed by atoms with E-state index in [1.807, 2.05) is 18.2 Å². The standard InChI is InChI=1S/C16H24N2O2/c1-2-15(13-7-4-3-5-8-13)17-12-16(19)18-11-14-9-6-10-20-14/h3-5,7-8,14-15,17H,2,6,9-12H2,1H3,(H,18,19). The van der Waals surface area contributed by atoms with Gasteiger partial charge in [0.15, 0.2) is 0 Å². The molecule has 1 heterocycles. The van der Waals surface area contributed by atoms with Gasteiger partial charge in [0, 0.05) is 19.2 Å². The summed E-state index contributed by atoms with van der Waals surface area (Å²) in [6.45, 7) is 3.92. The average molecular weight is 276 g/mol. The van der Waals surface area contributed by atoms with Gasteiger partial charge in [-0.15, -0.1) is 0 Å². The molecule has 0 aromatic heterocycles. The topological polar surface area (TPSA) is 50.4 Å². The van der Waals surface area contributed by atoms with Crippen LogP contribution in [0.2, 0.25) is 0 Å². The van der Waals surface area contributed by atoms with E-state index in [2.05, 4.69) is 29.7 Å². The highest BCUT2D eigenvalue weighted by Crippen LogP contribution is 2.15. The molecule has 1 fully saturated rings. The summed E-state index contributed by atoms with van der Waals surface area (Å²) in [5, 5.41) is 6.24. The maximum atomic E-state index is 11.8. The fraction of sp³-hybridized carbons (Fsp3) is 0.562. The van der Waals surface area contributed by atoms with Gasteiger partial charge in [0.2, 0.25) is 5.91 Å². The molecular formula is C16H24N2O2. The molecule has 0 spiro atoms. The van der Waals surface area contributed by atoms with Gasteiger partial charge >= 0.3 is 0 Å². The van der Waals surface area contributed by atoms with E-state index in [-0.39, 0.29) is 18.1 Å². The van der Waals surface area contributed by atoms with Crippen molar-refractivity contribution in [1.29, 1.82) is 0 Å². The van der Waals surface area contributed by atoms with E-state index >= 15 is 0 Å². The smallest absolute Gasteiger partial charge is 0.234 e.